The number of carbonyl (C=O) groups is 1. The molecule has 2 aromatic rings. The number of hydrogen-bond donors (Lipinski definition) is 0. The molecule has 1 aromatic carbocycles. The molecule has 9 heteroatoms. The van der Waals surface area contributed by atoms with E-state index in [9.17, 15) is 13.2 Å². The molecule has 3 aliphatic rings. The van der Waals surface area contributed by atoms with Gasteiger partial charge in [-0.3, -0.25) is 9.78 Å². The Hall–Kier alpha value is -2.36. The second kappa shape index (κ2) is 6.86. The van der Waals surface area contributed by atoms with Crippen LogP contribution in [-0.4, -0.2) is 76.6 Å². The normalized spacial score (nSPS) is 30.3. The standard InChI is InChI=1S/C20H22N4O4S/c25-19(17-11-21-7-8-22-17)23-12-16-10-18-20(13-23,28-16)14-24(29(18,26)27)9-6-15-4-2-1-3-5-15/h1-5,7-8,11,16,18H,6,9-10,12-14H2/t16-,18+,20+/m1/s1. The summed E-state index contributed by atoms with van der Waals surface area (Å²) in [7, 11) is -3.47. The third kappa shape index (κ3) is 3.13. The average molecular weight is 414 g/mol. The molecular weight excluding hydrogens is 392 g/mol. The Morgan fingerprint density at radius 2 is 2.03 bits per heavy atom. The van der Waals surface area contributed by atoms with E-state index in [4.69, 9.17) is 4.74 Å². The zero-order valence-corrected chi connectivity index (χ0v) is 16.7. The van der Waals surface area contributed by atoms with Crippen molar-refractivity contribution >= 4 is 15.9 Å². The number of hydrogen-bond acceptors (Lipinski definition) is 6. The van der Waals surface area contributed by atoms with Crippen LogP contribution in [0.4, 0.5) is 0 Å². The van der Waals surface area contributed by atoms with Gasteiger partial charge in [0.05, 0.1) is 18.8 Å². The molecule has 0 unspecified atom stereocenters. The summed E-state index contributed by atoms with van der Waals surface area (Å²) in [6.07, 6.45) is 5.24. The highest BCUT2D eigenvalue weighted by Crippen LogP contribution is 2.46. The fourth-order valence-electron chi connectivity index (χ4n) is 4.78. The van der Waals surface area contributed by atoms with E-state index in [1.165, 1.54) is 22.9 Å². The highest BCUT2D eigenvalue weighted by molar-refractivity contribution is 7.90. The molecule has 1 aromatic heterocycles. The molecule has 0 N–H and O–H groups in total. The molecule has 0 radical (unpaired) electrons. The van der Waals surface area contributed by atoms with Crippen LogP contribution in [0.3, 0.4) is 0 Å². The van der Waals surface area contributed by atoms with Crippen LogP contribution in [-0.2, 0) is 21.2 Å². The number of amides is 1. The van der Waals surface area contributed by atoms with Crippen LogP contribution >= 0.6 is 0 Å². The molecule has 0 aliphatic carbocycles. The molecule has 1 spiro atoms. The average Bonchev–Trinajstić information content (AvgIpc) is 3.12. The van der Waals surface area contributed by atoms with Crippen molar-refractivity contribution in [2.24, 2.45) is 0 Å². The van der Waals surface area contributed by atoms with Crippen molar-refractivity contribution in [3.8, 4) is 0 Å². The molecule has 0 saturated carbocycles. The molecular formula is C20H22N4O4S. The van der Waals surface area contributed by atoms with Crippen molar-refractivity contribution in [2.75, 3.05) is 26.2 Å². The second-order valence-electron chi connectivity index (χ2n) is 7.92. The minimum absolute atomic E-state index is 0.230. The van der Waals surface area contributed by atoms with Crippen LogP contribution < -0.4 is 0 Å². The SMILES string of the molecule is O=C(c1cnccn1)N1C[C@H]2C[C@H]3[C@](C1)(CN(CCc1ccccc1)S3(=O)=O)O2. The summed E-state index contributed by atoms with van der Waals surface area (Å²) in [5.41, 5.74) is 0.499. The van der Waals surface area contributed by atoms with E-state index < -0.39 is 20.9 Å². The van der Waals surface area contributed by atoms with Crippen LogP contribution in [0.1, 0.15) is 22.5 Å². The monoisotopic (exact) mass is 414 g/mol. The summed E-state index contributed by atoms with van der Waals surface area (Å²) in [5, 5.41) is -0.601. The zero-order valence-electron chi connectivity index (χ0n) is 15.8. The topological polar surface area (TPSA) is 92.7 Å². The maximum Gasteiger partial charge on any atom is 0.274 e. The lowest BCUT2D eigenvalue weighted by Gasteiger charge is -2.39. The number of likely N-dealkylation sites (tertiary alicyclic amines) is 1. The summed E-state index contributed by atoms with van der Waals surface area (Å²) >= 11 is 0. The van der Waals surface area contributed by atoms with Gasteiger partial charge in [0.1, 0.15) is 16.5 Å². The molecule has 3 aliphatic heterocycles. The summed E-state index contributed by atoms with van der Waals surface area (Å²) in [6, 6.07) is 9.84. The lowest BCUT2D eigenvalue weighted by molar-refractivity contribution is -0.0977. The lowest BCUT2D eigenvalue weighted by atomic mass is 9.99. The second-order valence-corrected chi connectivity index (χ2v) is 10.0. The number of benzene rings is 1. The predicted octanol–water partition coefficient (Wildman–Crippen LogP) is 0.717. The Morgan fingerprint density at radius 3 is 2.79 bits per heavy atom. The van der Waals surface area contributed by atoms with Crippen LogP contribution in [0.5, 0.6) is 0 Å². The number of rotatable bonds is 4. The number of morpholine rings is 1. The van der Waals surface area contributed by atoms with E-state index in [-0.39, 0.29) is 30.8 Å². The van der Waals surface area contributed by atoms with Gasteiger partial charge < -0.3 is 9.64 Å². The van der Waals surface area contributed by atoms with Crippen LogP contribution in [0.25, 0.3) is 0 Å². The van der Waals surface area contributed by atoms with Gasteiger partial charge in [-0.05, 0) is 18.4 Å². The van der Waals surface area contributed by atoms with Gasteiger partial charge in [0.15, 0.2) is 0 Å². The van der Waals surface area contributed by atoms with Crippen LogP contribution in [0.15, 0.2) is 48.9 Å². The minimum atomic E-state index is -3.47. The van der Waals surface area contributed by atoms with Gasteiger partial charge in [-0.25, -0.2) is 13.4 Å². The molecule has 3 saturated heterocycles. The Kier molecular flexibility index (Phi) is 4.41. The first kappa shape index (κ1) is 18.7. The third-order valence-corrected chi connectivity index (χ3v) is 8.45. The highest BCUT2D eigenvalue weighted by Gasteiger charge is 2.65. The third-order valence-electron chi connectivity index (χ3n) is 6.07. The van der Waals surface area contributed by atoms with Crippen LogP contribution in [0, 0.1) is 0 Å². The maximum atomic E-state index is 13.2. The summed E-state index contributed by atoms with van der Waals surface area (Å²) in [5.74, 6) is -0.230. The fraction of sp³-hybridized carbons (Fsp3) is 0.450. The van der Waals surface area contributed by atoms with Crippen molar-refractivity contribution in [2.45, 2.75) is 29.8 Å². The number of carbonyl (C=O) groups excluding carboxylic acids is 1. The van der Waals surface area contributed by atoms with Crippen molar-refractivity contribution in [1.29, 1.82) is 0 Å². The van der Waals surface area contributed by atoms with Gasteiger partial charge in [-0.15, -0.1) is 0 Å². The van der Waals surface area contributed by atoms with E-state index in [2.05, 4.69) is 9.97 Å². The largest absolute Gasteiger partial charge is 0.365 e. The van der Waals surface area contributed by atoms with Crippen molar-refractivity contribution in [1.82, 2.24) is 19.2 Å². The summed E-state index contributed by atoms with van der Waals surface area (Å²) in [6.45, 7) is 1.34. The van der Waals surface area contributed by atoms with E-state index in [0.29, 0.717) is 25.9 Å². The van der Waals surface area contributed by atoms with E-state index in [0.717, 1.165) is 5.56 Å². The summed E-state index contributed by atoms with van der Waals surface area (Å²) in [4.78, 5) is 22.6. The number of ether oxygens (including phenoxy) is 1. The molecule has 2 bridgehead atoms. The highest BCUT2D eigenvalue weighted by atomic mass is 32.2. The van der Waals surface area contributed by atoms with Crippen LogP contribution in [0.2, 0.25) is 0 Å². The lowest BCUT2D eigenvalue weighted by Crippen LogP contribution is -2.56. The van der Waals surface area contributed by atoms with Gasteiger partial charge in [-0.1, -0.05) is 30.3 Å². The van der Waals surface area contributed by atoms with Crippen molar-refractivity contribution < 1.29 is 17.9 Å². The predicted molar refractivity (Wildman–Crippen MR) is 105 cm³/mol. The zero-order chi connectivity index (χ0) is 20.1. The minimum Gasteiger partial charge on any atom is -0.365 e. The Balaban J connectivity index is 1.36. The molecule has 3 fully saturated rings. The van der Waals surface area contributed by atoms with Gasteiger partial charge in [0.2, 0.25) is 10.0 Å². The molecule has 4 heterocycles. The van der Waals surface area contributed by atoms with Gasteiger partial charge in [-0.2, -0.15) is 4.31 Å². The number of aromatic nitrogens is 2. The van der Waals surface area contributed by atoms with Gasteiger partial charge in [0, 0.05) is 32.0 Å². The molecule has 3 atom stereocenters. The molecule has 152 valence electrons. The maximum absolute atomic E-state index is 13.2. The quantitative estimate of drug-likeness (QED) is 0.732. The number of fused-ring (bicyclic) bond motifs is 1. The van der Waals surface area contributed by atoms with E-state index in [1.54, 1.807) is 4.90 Å². The first-order valence-corrected chi connectivity index (χ1v) is 11.2. The van der Waals surface area contributed by atoms with E-state index in [1.807, 2.05) is 30.3 Å². The number of nitrogens with zero attached hydrogens (tertiary/aromatic N) is 4. The Morgan fingerprint density at radius 1 is 1.21 bits per heavy atom. The Labute approximate surface area is 169 Å². The first-order valence-electron chi connectivity index (χ1n) is 9.74. The van der Waals surface area contributed by atoms with E-state index >= 15 is 0 Å². The summed E-state index contributed by atoms with van der Waals surface area (Å²) < 4.78 is 34.1. The first-order chi connectivity index (χ1) is 14.0. The van der Waals surface area contributed by atoms with Crippen molar-refractivity contribution in [3.05, 3.63) is 60.2 Å². The van der Waals surface area contributed by atoms with Crippen molar-refractivity contribution in [3.63, 3.8) is 0 Å². The molecule has 29 heavy (non-hydrogen) atoms. The smallest absolute Gasteiger partial charge is 0.274 e. The fourth-order valence-corrected chi connectivity index (χ4v) is 7.08. The Bertz CT molecular complexity index is 1020. The molecule has 5 rings (SSSR count). The molecule has 1 amide bonds. The molecule has 8 nitrogen and oxygen atoms in total. The van der Waals surface area contributed by atoms with Gasteiger partial charge in [0.25, 0.3) is 5.91 Å². The number of sulfonamides is 1. The van der Waals surface area contributed by atoms with Gasteiger partial charge >= 0.3 is 0 Å².